The fraction of sp³-hybridized carbons (Fsp3) is 0.545. The van der Waals surface area contributed by atoms with Crippen LogP contribution in [-0.2, 0) is 11.3 Å². The predicted molar refractivity (Wildman–Crippen MR) is 61.7 cm³/mol. The van der Waals surface area contributed by atoms with Crippen LogP contribution in [0.2, 0.25) is 0 Å². The number of hydrogen-bond donors (Lipinski definition) is 2. The van der Waals surface area contributed by atoms with Crippen molar-refractivity contribution in [1.29, 1.82) is 0 Å². The van der Waals surface area contributed by atoms with Crippen LogP contribution < -0.4 is 5.32 Å². The number of rotatable bonds is 6. The highest BCUT2D eigenvalue weighted by atomic mass is 16.4. The minimum absolute atomic E-state index is 0.0499. The van der Waals surface area contributed by atoms with Crippen LogP contribution in [0.5, 0.6) is 0 Å². The third-order valence-corrected chi connectivity index (χ3v) is 2.16. The third-order valence-electron chi connectivity index (χ3n) is 2.16. The number of hydrogen-bond acceptors (Lipinski definition) is 3. The molecule has 2 N–H and O–H groups in total. The number of aryl methyl sites for hydroxylation is 1. The molecule has 0 spiro atoms. The van der Waals surface area contributed by atoms with Gasteiger partial charge in [-0.05, 0) is 5.92 Å². The van der Waals surface area contributed by atoms with Gasteiger partial charge in [-0.2, -0.15) is 5.10 Å². The van der Waals surface area contributed by atoms with E-state index in [1.807, 2.05) is 13.8 Å². The molecule has 0 aromatic carbocycles. The number of carboxylic acid groups (broad SMARTS) is 1. The summed E-state index contributed by atoms with van der Waals surface area (Å²) in [5.41, 5.74) is 0.132. The van der Waals surface area contributed by atoms with Crippen LogP contribution in [0, 0.1) is 5.92 Å². The Morgan fingerprint density at radius 3 is 2.76 bits per heavy atom. The first-order chi connectivity index (χ1) is 7.99. The highest BCUT2D eigenvalue weighted by Gasteiger charge is 2.07. The molecule has 0 fully saturated rings. The molecule has 1 aromatic heterocycles. The average Bonchev–Trinajstić information content (AvgIpc) is 2.72. The van der Waals surface area contributed by atoms with Crippen LogP contribution >= 0.6 is 0 Å². The van der Waals surface area contributed by atoms with Gasteiger partial charge in [-0.15, -0.1) is 0 Å². The summed E-state index contributed by atoms with van der Waals surface area (Å²) in [6.07, 6.45) is 2.99. The molecule has 0 aliphatic heterocycles. The number of carbonyl (C=O) groups excluding carboxylic acids is 1. The van der Waals surface area contributed by atoms with Crippen molar-refractivity contribution < 1.29 is 14.7 Å². The Bertz CT molecular complexity index is 398. The molecule has 0 radical (unpaired) electrons. The maximum atomic E-state index is 11.4. The molecule has 0 saturated carbocycles. The highest BCUT2D eigenvalue weighted by molar-refractivity contribution is 5.86. The Labute approximate surface area is 99.6 Å². The Kier molecular flexibility index (Phi) is 4.68. The second kappa shape index (κ2) is 6.03. The van der Waals surface area contributed by atoms with E-state index in [9.17, 15) is 9.59 Å². The van der Waals surface area contributed by atoms with Gasteiger partial charge in [0, 0.05) is 25.7 Å². The molecule has 0 unspecified atom stereocenters. The molecule has 1 amide bonds. The van der Waals surface area contributed by atoms with Gasteiger partial charge in [-0.25, -0.2) is 4.79 Å². The van der Waals surface area contributed by atoms with Crippen LogP contribution in [0.1, 0.15) is 30.6 Å². The molecule has 0 aliphatic rings. The molecule has 6 nitrogen and oxygen atoms in total. The van der Waals surface area contributed by atoms with Crippen molar-refractivity contribution in [3.8, 4) is 0 Å². The molecule has 6 heteroatoms. The number of nitrogens with one attached hydrogen (secondary N) is 1. The van der Waals surface area contributed by atoms with Gasteiger partial charge in [0.2, 0.25) is 5.91 Å². The lowest BCUT2D eigenvalue weighted by Gasteiger charge is -2.07. The highest BCUT2D eigenvalue weighted by Crippen LogP contribution is 1.98. The average molecular weight is 239 g/mol. The molecular weight excluding hydrogens is 222 g/mol. The van der Waals surface area contributed by atoms with Crippen molar-refractivity contribution in [2.75, 3.05) is 6.54 Å². The van der Waals surface area contributed by atoms with E-state index in [1.165, 1.54) is 17.1 Å². The second-order valence-corrected chi connectivity index (χ2v) is 4.25. The van der Waals surface area contributed by atoms with E-state index in [-0.39, 0.29) is 11.5 Å². The molecule has 0 aliphatic carbocycles. The normalized spacial score (nSPS) is 10.5. The van der Waals surface area contributed by atoms with Crippen molar-refractivity contribution in [3.63, 3.8) is 0 Å². The number of carbonyl (C=O) groups is 2. The number of nitrogens with zero attached hydrogens (tertiary/aromatic N) is 2. The van der Waals surface area contributed by atoms with Crippen LogP contribution in [0.25, 0.3) is 0 Å². The molecule has 17 heavy (non-hydrogen) atoms. The molecule has 1 aromatic rings. The van der Waals surface area contributed by atoms with Gasteiger partial charge in [0.15, 0.2) is 0 Å². The zero-order valence-electron chi connectivity index (χ0n) is 10.0. The van der Waals surface area contributed by atoms with Crippen molar-refractivity contribution >= 4 is 11.9 Å². The van der Waals surface area contributed by atoms with Crippen LogP contribution in [0.3, 0.4) is 0 Å². The van der Waals surface area contributed by atoms with Gasteiger partial charge < -0.3 is 10.4 Å². The Balaban J connectivity index is 2.34. The Morgan fingerprint density at radius 1 is 1.53 bits per heavy atom. The van der Waals surface area contributed by atoms with E-state index in [1.54, 1.807) is 0 Å². The van der Waals surface area contributed by atoms with Crippen LogP contribution in [-0.4, -0.2) is 33.3 Å². The van der Waals surface area contributed by atoms with Crippen molar-refractivity contribution in [2.45, 2.75) is 26.8 Å². The smallest absolute Gasteiger partial charge is 0.338 e. The molecule has 94 valence electrons. The van der Waals surface area contributed by atoms with Gasteiger partial charge in [0.25, 0.3) is 0 Å². The topological polar surface area (TPSA) is 84.2 Å². The van der Waals surface area contributed by atoms with E-state index in [0.717, 1.165) is 0 Å². The van der Waals surface area contributed by atoms with Crippen LogP contribution in [0.4, 0.5) is 0 Å². The number of amides is 1. The summed E-state index contributed by atoms with van der Waals surface area (Å²) in [7, 11) is 0. The first-order valence-corrected chi connectivity index (χ1v) is 5.51. The maximum Gasteiger partial charge on any atom is 0.338 e. The van der Waals surface area contributed by atoms with Gasteiger partial charge >= 0.3 is 5.97 Å². The third kappa shape index (κ3) is 4.67. The second-order valence-electron chi connectivity index (χ2n) is 4.25. The van der Waals surface area contributed by atoms with Crippen molar-refractivity contribution in [2.24, 2.45) is 5.92 Å². The zero-order valence-corrected chi connectivity index (χ0v) is 10.0. The predicted octanol–water partition coefficient (Wildman–Crippen LogP) is 0.744. The minimum atomic E-state index is -1.01. The molecule has 0 atom stereocenters. The van der Waals surface area contributed by atoms with Crippen LogP contribution in [0.15, 0.2) is 12.4 Å². The van der Waals surface area contributed by atoms with E-state index in [4.69, 9.17) is 5.11 Å². The van der Waals surface area contributed by atoms with Gasteiger partial charge in [-0.3, -0.25) is 9.48 Å². The fourth-order valence-corrected chi connectivity index (χ4v) is 1.22. The number of aromatic nitrogens is 2. The summed E-state index contributed by atoms with van der Waals surface area (Å²) >= 11 is 0. The SMILES string of the molecule is CC(C)CNC(=O)CCn1cc(C(=O)O)cn1. The molecule has 0 bridgehead atoms. The van der Waals surface area contributed by atoms with Gasteiger partial charge in [0.05, 0.1) is 11.8 Å². The van der Waals surface area contributed by atoms with E-state index >= 15 is 0 Å². The molecule has 0 saturated heterocycles. The fourth-order valence-electron chi connectivity index (χ4n) is 1.22. The lowest BCUT2D eigenvalue weighted by atomic mass is 10.2. The van der Waals surface area contributed by atoms with E-state index < -0.39 is 5.97 Å². The van der Waals surface area contributed by atoms with Gasteiger partial charge in [-0.1, -0.05) is 13.8 Å². The number of carboxylic acids is 1. The van der Waals surface area contributed by atoms with E-state index in [2.05, 4.69) is 10.4 Å². The Morgan fingerprint density at radius 2 is 2.24 bits per heavy atom. The first kappa shape index (κ1) is 13.2. The largest absolute Gasteiger partial charge is 0.478 e. The van der Waals surface area contributed by atoms with Crippen molar-refractivity contribution in [1.82, 2.24) is 15.1 Å². The minimum Gasteiger partial charge on any atom is -0.478 e. The summed E-state index contributed by atoms with van der Waals surface area (Å²) < 4.78 is 1.46. The summed E-state index contributed by atoms with van der Waals surface area (Å²) in [6, 6.07) is 0. The summed E-state index contributed by atoms with van der Waals surface area (Å²) in [5.74, 6) is -0.645. The van der Waals surface area contributed by atoms with Gasteiger partial charge in [0.1, 0.15) is 0 Å². The Hall–Kier alpha value is -1.85. The molecule has 1 rings (SSSR count). The van der Waals surface area contributed by atoms with E-state index in [0.29, 0.717) is 25.4 Å². The lowest BCUT2D eigenvalue weighted by Crippen LogP contribution is -2.28. The quantitative estimate of drug-likeness (QED) is 0.767. The summed E-state index contributed by atoms with van der Waals surface area (Å²) in [4.78, 5) is 22.0. The monoisotopic (exact) mass is 239 g/mol. The molecule has 1 heterocycles. The van der Waals surface area contributed by atoms with Crippen molar-refractivity contribution in [3.05, 3.63) is 18.0 Å². The summed E-state index contributed by atoms with van der Waals surface area (Å²) in [6.45, 7) is 5.08. The molecular formula is C11H17N3O3. The lowest BCUT2D eigenvalue weighted by molar-refractivity contribution is -0.121. The summed E-state index contributed by atoms with van der Waals surface area (Å²) in [5, 5.41) is 15.3. The maximum absolute atomic E-state index is 11.4. The first-order valence-electron chi connectivity index (χ1n) is 5.51. The standard InChI is InChI=1S/C11H17N3O3/c1-8(2)5-12-10(15)3-4-14-7-9(6-13-14)11(16)17/h6-8H,3-5H2,1-2H3,(H,12,15)(H,16,17). The number of aromatic carboxylic acids is 1. The zero-order chi connectivity index (χ0) is 12.8.